The van der Waals surface area contributed by atoms with Crippen molar-refractivity contribution in [2.24, 2.45) is 5.92 Å². The number of hydrogen-bond donors (Lipinski definition) is 2. The van der Waals surface area contributed by atoms with Crippen LogP contribution in [0.4, 0.5) is 13.2 Å². The number of ether oxygens (including phenoxy) is 2. The summed E-state index contributed by atoms with van der Waals surface area (Å²) in [5.74, 6) is -0.261. The van der Waals surface area contributed by atoms with Crippen molar-refractivity contribution in [3.05, 3.63) is 59.4 Å². The molecule has 0 saturated heterocycles. The molecule has 0 fully saturated rings. The molecule has 0 unspecified atom stereocenters. The predicted octanol–water partition coefficient (Wildman–Crippen LogP) is 4.04. The Balaban J connectivity index is 1.91. The Hall–Kier alpha value is -2.74. The predicted molar refractivity (Wildman–Crippen MR) is 103 cm³/mol. The van der Waals surface area contributed by atoms with Gasteiger partial charge < -0.3 is 20.1 Å². The van der Waals surface area contributed by atoms with Crippen LogP contribution in [0.2, 0.25) is 0 Å². The molecule has 1 amide bonds. The highest BCUT2D eigenvalue weighted by Crippen LogP contribution is 2.29. The molecule has 0 radical (unpaired) electrons. The summed E-state index contributed by atoms with van der Waals surface area (Å²) in [5, 5.41) is 5.94. The number of nitrogens with one attached hydrogen (secondary N) is 2. The number of halogens is 3. The first-order chi connectivity index (χ1) is 13.8. The summed E-state index contributed by atoms with van der Waals surface area (Å²) in [4.78, 5) is 12.2. The Morgan fingerprint density at radius 3 is 2.34 bits per heavy atom. The van der Waals surface area contributed by atoms with Gasteiger partial charge in [0, 0.05) is 12.6 Å². The van der Waals surface area contributed by atoms with Gasteiger partial charge in [0.05, 0.1) is 13.7 Å². The maximum atomic E-state index is 13.1. The van der Waals surface area contributed by atoms with E-state index in [2.05, 4.69) is 15.4 Å². The number of alkyl halides is 2. The van der Waals surface area contributed by atoms with Crippen LogP contribution in [-0.2, 0) is 11.3 Å². The van der Waals surface area contributed by atoms with E-state index in [1.807, 2.05) is 13.8 Å². The smallest absolute Gasteiger partial charge is 0.387 e. The van der Waals surface area contributed by atoms with Crippen molar-refractivity contribution in [1.29, 1.82) is 0 Å². The summed E-state index contributed by atoms with van der Waals surface area (Å²) in [6.45, 7) is 1.34. The molecule has 0 saturated carbocycles. The zero-order valence-corrected chi connectivity index (χ0v) is 16.5. The van der Waals surface area contributed by atoms with Gasteiger partial charge in [0.1, 0.15) is 5.82 Å². The fourth-order valence-corrected chi connectivity index (χ4v) is 2.89. The number of carbonyl (C=O) groups excluding carboxylic acids is 1. The van der Waals surface area contributed by atoms with E-state index in [-0.39, 0.29) is 48.3 Å². The van der Waals surface area contributed by atoms with Crippen LogP contribution in [0.5, 0.6) is 11.5 Å². The van der Waals surface area contributed by atoms with Gasteiger partial charge in [-0.25, -0.2) is 4.39 Å². The lowest BCUT2D eigenvalue weighted by Crippen LogP contribution is -2.37. The SMILES string of the molecule is COc1cc(CNC(=O)CN[C@H](c2ccc(F)cc2)C(C)C)ccc1OC(F)F. The molecule has 0 aliphatic rings. The second-order valence-electron chi connectivity index (χ2n) is 6.79. The fourth-order valence-electron chi connectivity index (χ4n) is 2.89. The lowest BCUT2D eigenvalue weighted by Gasteiger charge is -2.23. The van der Waals surface area contributed by atoms with Crippen LogP contribution < -0.4 is 20.1 Å². The molecule has 0 spiro atoms. The van der Waals surface area contributed by atoms with Gasteiger partial charge >= 0.3 is 6.61 Å². The molecule has 29 heavy (non-hydrogen) atoms. The first-order valence-corrected chi connectivity index (χ1v) is 9.17. The second kappa shape index (κ2) is 10.7. The number of amides is 1. The van der Waals surface area contributed by atoms with Gasteiger partial charge in [0.15, 0.2) is 11.5 Å². The summed E-state index contributed by atoms with van der Waals surface area (Å²) in [6, 6.07) is 10.5. The van der Waals surface area contributed by atoms with E-state index in [9.17, 15) is 18.0 Å². The zero-order chi connectivity index (χ0) is 21.4. The van der Waals surface area contributed by atoms with Crippen LogP contribution in [0.25, 0.3) is 0 Å². The Morgan fingerprint density at radius 1 is 1.07 bits per heavy atom. The van der Waals surface area contributed by atoms with Gasteiger partial charge in [-0.3, -0.25) is 4.79 Å². The van der Waals surface area contributed by atoms with Crippen molar-refractivity contribution in [2.45, 2.75) is 33.0 Å². The maximum Gasteiger partial charge on any atom is 0.387 e. The topological polar surface area (TPSA) is 59.6 Å². The number of benzene rings is 2. The van der Waals surface area contributed by atoms with Crippen LogP contribution in [0.1, 0.15) is 31.0 Å². The Kier molecular flexibility index (Phi) is 8.33. The highest BCUT2D eigenvalue weighted by atomic mass is 19.3. The van der Waals surface area contributed by atoms with Gasteiger partial charge in [-0.2, -0.15) is 8.78 Å². The maximum absolute atomic E-state index is 13.1. The molecule has 8 heteroatoms. The standard InChI is InChI=1S/C21H25F3N2O3/c1-13(2)20(15-5-7-16(22)8-6-15)26-12-19(27)25-11-14-4-9-17(29-21(23)24)18(10-14)28-3/h4-10,13,20-21,26H,11-12H2,1-3H3,(H,25,27)/t20-/m0/s1. The van der Waals surface area contributed by atoms with Crippen LogP contribution in [-0.4, -0.2) is 26.2 Å². The van der Waals surface area contributed by atoms with Gasteiger partial charge in [-0.1, -0.05) is 32.0 Å². The third-order valence-corrected chi connectivity index (χ3v) is 4.31. The average Bonchev–Trinajstić information content (AvgIpc) is 2.68. The summed E-state index contributed by atoms with van der Waals surface area (Å²) < 4.78 is 47.3. The first kappa shape index (κ1) is 22.5. The van der Waals surface area contributed by atoms with E-state index in [1.165, 1.54) is 31.4 Å². The number of carbonyl (C=O) groups is 1. The lowest BCUT2D eigenvalue weighted by atomic mass is 9.96. The molecule has 5 nitrogen and oxygen atoms in total. The molecule has 2 rings (SSSR count). The molecule has 1 atom stereocenters. The third-order valence-electron chi connectivity index (χ3n) is 4.31. The molecule has 0 aliphatic carbocycles. The quantitative estimate of drug-likeness (QED) is 0.621. The van der Waals surface area contributed by atoms with Gasteiger partial charge in [-0.15, -0.1) is 0 Å². The molecule has 2 aromatic rings. The van der Waals surface area contributed by atoms with Crippen molar-refractivity contribution >= 4 is 5.91 Å². The minimum Gasteiger partial charge on any atom is -0.493 e. The van der Waals surface area contributed by atoms with Crippen molar-refractivity contribution in [3.63, 3.8) is 0 Å². The zero-order valence-electron chi connectivity index (χ0n) is 16.5. The van der Waals surface area contributed by atoms with Gasteiger partial charge in [0.25, 0.3) is 0 Å². The van der Waals surface area contributed by atoms with Crippen LogP contribution in [0.15, 0.2) is 42.5 Å². The van der Waals surface area contributed by atoms with Crippen LogP contribution in [0.3, 0.4) is 0 Å². The number of rotatable bonds is 10. The lowest BCUT2D eigenvalue weighted by molar-refractivity contribution is -0.120. The molecule has 0 bridgehead atoms. The molecule has 0 heterocycles. The van der Waals surface area contributed by atoms with E-state index < -0.39 is 6.61 Å². The minimum absolute atomic E-state index is 0.0710. The average molecular weight is 410 g/mol. The fraction of sp³-hybridized carbons (Fsp3) is 0.381. The normalized spacial score (nSPS) is 12.1. The van der Waals surface area contributed by atoms with Gasteiger partial charge in [0.2, 0.25) is 5.91 Å². The summed E-state index contributed by atoms with van der Waals surface area (Å²) in [7, 11) is 1.35. The highest BCUT2D eigenvalue weighted by Gasteiger charge is 2.17. The minimum atomic E-state index is -2.95. The summed E-state index contributed by atoms with van der Waals surface area (Å²) in [5.41, 5.74) is 1.57. The second-order valence-corrected chi connectivity index (χ2v) is 6.79. The van der Waals surface area contributed by atoms with Crippen molar-refractivity contribution in [1.82, 2.24) is 10.6 Å². The molecule has 0 aromatic heterocycles. The summed E-state index contributed by atoms with van der Waals surface area (Å²) >= 11 is 0. The van der Waals surface area contributed by atoms with Crippen LogP contribution in [0, 0.1) is 11.7 Å². The molecule has 158 valence electrons. The van der Waals surface area contributed by atoms with Crippen molar-refractivity contribution < 1.29 is 27.4 Å². The molecule has 2 aromatic carbocycles. The monoisotopic (exact) mass is 410 g/mol. The Bertz CT molecular complexity index is 798. The van der Waals surface area contributed by atoms with E-state index in [0.29, 0.717) is 5.56 Å². The van der Waals surface area contributed by atoms with Crippen LogP contribution >= 0.6 is 0 Å². The molecular formula is C21H25F3N2O3. The van der Waals surface area contributed by atoms with E-state index >= 15 is 0 Å². The van der Waals surface area contributed by atoms with Crippen molar-refractivity contribution in [3.8, 4) is 11.5 Å². The van der Waals surface area contributed by atoms with E-state index in [1.54, 1.807) is 18.2 Å². The number of hydrogen-bond acceptors (Lipinski definition) is 4. The highest BCUT2D eigenvalue weighted by molar-refractivity contribution is 5.78. The molecule has 0 aliphatic heterocycles. The third kappa shape index (κ3) is 6.98. The van der Waals surface area contributed by atoms with E-state index in [4.69, 9.17) is 4.74 Å². The first-order valence-electron chi connectivity index (χ1n) is 9.17. The molecule has 2 N–H and O–H groups in total. The summed E-state index contributed by atoms with van der Waals surface area (Å²) in [6.07, 6.45) is 0. The Labute approximate surface area is 168 Å². The van der Waals surface area contributed by atoms with E-state index in [0.717, 1.165) is 5.56 Å². The number of methoxy groups -OCH3 is 1. The van der Waals surface area contributed by atoms with Gasteiger partial charge in [-0.05, 0) is 41.3 Å². The van der Waals surface area contributed by atoms with Crippen molar-refractivity contribution in [2.75, 3.05) is 13.7 Å². The Morgan fingerprint density at radius 2 is 1.76 bits per heavy atom. The molecular weight excluding hydrogens is 385 g/mol. The largest absolute Gasteiger partial charge is 0.493 e.